The van der Waals surface area contributed by atoms with E-state index in [0.29, 0.717) is 22.7 Å². The average molecular weight is 298 g/mol. The number of aryl methyl sites for hydroxylation is 1. The van der Waals surface area contributed by atoms with Gasteiger partial charge in [-0.25, -0.2) is 4.98 Å². The largest absolute Gasteiger partial charge is 0.324 e. The zero-order chi connectivity index (χ0) is 13.8. The Morgan fingerprint density at radius 1 is 1.58 bits per heavy atom. The molecule has 2 heterocycles. The highest BCUT2D eigenvalue weighted by Gasteiger charge is 2.11. The lowest BCUT2D eigenvalue weighted by Gasteiger charge is -2.02. The van der Waals surface area contributed by atoms with Gasteiger partial charge in [0, 0.05) is 12.4 Å². The summed E-state index contributed by atoms with van der Waals surface area (Å²) in [5, 5.41) is 13.8. The van der Waals surface area contributed by atoms with Crippen molar-refractivity contribution in [2.24, 2.45) is 12.8 Å². The number of rotatable bonds is 5. The highest BCUT2D eigenvalue weighted by atomic mass is 32.2. The predicted octanol–water partition coefficient (Wildman–Crippen LogP) is 0.770. The molecule has 102 valence electrons. The molecule has 2 aromatic heterocycles. The Labute approximate surface area is 118 Å². The van der Waals surface area contributed by atoms with E-state index in [2.05, 4.69) is 20.5 Å². The van der Waals surface area contributed by atoms with Crippen LogP contribution in [0.25, 0.3) is 0 Å². The van der Waals surface area contributed by atoms with Gasteiger partial charge >= 0.3 is 0 Å². The zero-order valence-corrected chi connectivity index (χ0v) is 12.2. The normalized spacial score (nSPS) is 10.7. The Balaban J connectivity index is 1.88. The number of carbonyl (C=O) groups excluding carboxylic acids is 1. The molecule has 0 unspecified atom stereocenters. The second-order valence-electron chi connectivity index (χ2n) is 3.79. The molecular formula is C10H14N6OS2. The molecule has 2 rings (SSSR count). The van der Waals surface area contributed by atoms with Crippen molar-refractivity contribution in [3.63, 3.8) is 0 Å². The number of amides is 1. The predicted molar refractivity (Wildman–Crippen MR) is 75.1 cm³/mol. The lowest BCUT2D eigenvalue weighted by molar-refractivity contribution is -0.113. The van der Waals surface area contributed by atoms with Gasteiger partial charge in [-0.05, 0) is 6.92 Å². The summed E-state index contributed by atoms with van der Waals surface area (Å²) >= 11 is 2.72. The summed E-state index contributed by atoms with van der Waals surface area (Å²) in [6.45, 7) is 2.21. The Morgan fingerprint density at radius 2 is 2.37 bits per heavy atom. The van der Waals surface area contributed by atoms with E-state index >= 15 is 0 Å². The summed E-state index contributed by atoms with van der Waals surface area (Å²) < 4.78 is 1.78. The first-order valence-corrected chi connectivity index (χ1v) is 7.39. The van der Waals surface area contributed by atoms with Gasteiger partial charge in [0.25, 0.3) is 0 Å². The van der Waals surface area contributed by atoms with Crippen LogP contribution in [0.3, 0.4) is 0 Å². The third kappa shape index (κ3) is 3.52. The van der Waals surface area contributed by atoms with Crippen molar-refractivity contribution in [2.75, 3.05) is 11.1 Å². The molecule has 0 saturated carbocycles. The van der Waals surface area contributed by atoms with E-state index in [1.54, 1.807) is 4.57 Å². The maximum absolute atomic E-state index is 11.7. The molecule has 0 bridgehead atoms. The van der Waals surface area contributed by atoms with Crippen LogP contribution in [-0.4, -0.2) is 31.4 Å². The number of aromatic nitrogens is 4. The molecule has 9 heteroatoms. The lowest BCUT2D eigenvalue weighted by atomic mass is 10.6. The van der Waals surface area contributed by atoms with Crippen LogP contribution in [0.2, 0.25) is 0 Å². The number of nitrogens with one attached hydrogen (secondary N) is 1. The Morgan fingerprint density at radius 3 is 2.95 bits per heavy atom. The first kappa shape index (κ1) is 14.0. The third-order valence-electron chi connectivity index (χ3n) is 2.31. The summed E-state index contributed by atoms with van der Waals surface area (Å²) in [6, 6.07) is 0. The smallest absolute Gasteiger partial charge is 0.236 e. The van der Waals surface area contributed by atoms with Crippen LogP contribution in [0.1, 0.15) is 11.5 Å². The van der Waals surface area contributed by atoms with Gasteiger partial charge in [-0.2, -0.15) is 0 Å². The minimum atomic E-state index is -0.114. The highest BCUT2D eigenvalue weighted by molar-refractivity contribution is 7.99. The quantitative estimate of drug-likeness (QED) is 0.791. The maximum atomic E-state index is 11.7. The molecule has 19 heavy (non-hydrogen) atoms. The van der Waals surface area contributed by atoms with Gasteiger partial charge < -0.3 is 15.6 Å². The topological polar surface area (TPSA) is 98.7 Å². The molecule has 0 aliphatic heterocycles. The monoisotopic (exact) mass is 298 g/mol. The molecule has 0 aliphatic rings. The van der Waals surface area contributed by atoms with Crippen LogP contribution in [0.15, 0.2) is 10.5 Å². The number of nitrogens with two attached hydrogens (primary N) is 1. The van der Waals surface area contributed by atoms with E-state index in [1.165, 1.54) is 23.1 Å². The van der Waals surface area contributed by atoms with Crippen molar-refractivity contribution in [1.82, 2.24) is 19.7 Å². The van der Waals surface area contributed by atoms with Gasteiger partial charge in [-0.15, -0.1) is 21.5 Å². The van der Waals surface area contributed by atoms with Crippen molar-refractivity contribution >= 4 is 34.1 Å². The van der Waals surface area contributed by atoms with E-state index in [9.17, 15) is 4.79 Å². The number of nitrogens with zero attached hydrogens (tertiary/aromatic N) is 4. The van der Waals surface area contributed by atoms with Crippen LogP contribution < -0.4 is 11.1 Å². The van der Waals surface area contributed by atoms with E-state index < -0.39 is 0 Å². The summed E-state index contributed by atoms with van der Waals surface area (Å²) in [4.78, 5) is 15.9. The van der Waals surface area contributed by atoms with Gasteiger partial charge in [0.1, 0.15) is 5.82 Å². The maximum Gasteiger partial charge on any atom is 0.236 e. The SMILES string of the molecule is Cc1csc(NC(=O)CSc2nnc(CN)n2C)n1. The third-order valence-corrected chi connectivity index (χ3v) is 4.20. The lowest BCUT2D eigenvalue weighted by Crippen LogP contribution is -2.14. The molecule has 7 nitrogen and oxygen atoms in total. The molecule has 0 aliphatic carbocycles. The summed E-state index contributed by atoms with van der Waals surface area (Å²) in [5.41, 5.74) is 6.40. The molecule has 0 aromatic carbocycles. The van der Waals surface area contributed by atoms with Crippen LogP contribution >= 0.6 is 23.1 Å². The van der Waals surface area contributed by atoms with Crippen molar-refractivity contribution < 1.29 is 4.79 Å². The van der Waals surface area contributed by atoms with Crippen molar-refractivity contribution in [3.8, 4) is 0 Å². The van der Waals surface area contributed by atoms with Crippen LogP contribution in [0.4, 0.5) is 5.13 Å². The molecule has 0 radical (unpaired) electrons. The Hall–Kier alpha value is -1.45. The van der Waals surface area contributed by atoms with Crippen molar-refractivity contribution in [3.05, 3.63) is 16.9 Å². The number of hydrogen-bond donors (Lipinski definition) is 2. The number of anilines is 1. The second kappa shape index (κ2) is 6.13. The summed E-state index contributed by atoms with van der Waals surface area (Å²) in [7, 11) is 1.83. The molecule has 0 saturated heterocycles. The number of carbonyl (C=O) groups is 1. The summed E-state index contributed by atoms with van der Waals surface area (Å²) in [5.74, 6) is 0.838. The van der Waals surface area contributed by atoms with Crippen molar-refractivity contribution in [1.29, 1.82) is 0 Å². The minimum absolute atomic E-state index is 0.114. The first-order valence-electron chi connectivity index (χ1n) is 5.53. The molecule has 2 aromatic rings. The van der Waals surface area contributed by atoms with E-state index in [1.807, 2.05) is 19.4 Å². The van der Waals surface area contributed by atoms with Crippen LogP contribution in [-0.2, 0) is 18.4 Å². The Bertz CT molecular complexity index is 578. The number of hydrogen-bond acceptors (Lipinski definition) is 7. The molecule has 3 N–H and O–H groups in total. The highest BCUT2D eigenvalue weighted by Crippen LogP contribution is 2.18. The Kier molecular flexibility index (Phi) is 4.51. The van der Waals surface area contributed by atoms with Gasteiger partial charge in [-0.3, -0.25) is 4.79 Å². The fourth-order valence-corrected chi connectivity index (χ4v) is 2.78. The molecule has 0 spiro atoms. The molecule has 0 fully saturated rings. The molecule has 0 atom stereocenters. The van der Waals surface area contributed by atoms with Crippen LogP contribution in [0.5, 0.6) is 0 Å². The van der Waals surface area contributed by atoms with E-state index in [-0.39, 0.29) is 11.7 Å². The van der Waals surface area contributed by atoms with Gasteiger partial charge in [0.2, 0.25) is 5.91 Å². The first-order chi connectivity index (χ1) is 9.10. The number of thiazole rings is 1. The van der Waals surface area contributed by atoms with Crippen molar-refractivity contribution in [2.45, 2.75) is 18.6 Å². The van der Waals surface area contributed by atoms with E-state index in [0.717, 1.165) is 5.69 Å². The minimum Gasteiger partial charge on any atom is -0.324 e. The fourth-order valence-electron chi connectivity index (χ4n) is 1.35. The number of thioether (sulfide) groups is 1. The fraction of sp³-hybridized carbons (Fsp3) is 0.400. The van der Waals surface area contributed by atoms with Crippen LogP contribution in [0, 0.1) is 6.92 Å². The molecular weight excluding hydrogens is 284 g/mol. The average Bonchev–Trinajstić information content (AvgIpc) is 2.93. The second-order valence-corrected chi connectivity index (χ2v) is 5.59. The van der Waals surface area contributed by atoms with E-state index in [4.69, 9.17) is 5.73 Å². The van der Waals surface area contributed by atoms with Gasteiger partial charge in [0.15, 0.2) is 10.3 Å². The van der Waals surface area contributed by atoms with Gasteiger partial charge in [-0.1, -0.05) is 11.8 Å². The van der Waals surface area contributed by atoms with Gasteiger partial charge in [0.05, 0.1) is 18.0 Å². The summed E-state index contributed by atoms with van der Waals surface area (Å²) in [6.07, 6.45) is 0. The molecule has 1 amide bonds. The standard InChI is InChI=1S/C10H14N6OS2/c1-6-4-18-9(12-6)13-8(17)5-19-10-15-14-7(3-11)16(10)2/h4H,3,5,11H2,1-2H3,(H,12,13,17). The zero-order valence-electron chi connectivity index (χ0n) is 10.6.